The van der Waals surface area contributed by atoms with Crippen LogP contribution in [-0.4, -0.2) is 30.2 Å². The van der Waals surface area contributed by atoms with Crippen molar-refractivity contribution in [2.75, 3.05) is 0 Å². The van der Waals surface area contributed by atoms with Crippen molar-refractivity contribution >= 4 is 17.9 Å². The summed E-state index contributed by atoms with van der Waals surface area (Å²) in [7, 11) is 0. The van der Waals surface area contributed by atoms with Gasteiger partial charge in [0.2, 0.25) is 0 Å². The van der Waals surface area contributed by atoms with Crippen molar-refractivity contribution < 1.29 is 33.0 Å². The summed E-state index contributed by atoms with van der Waals surface area (Å²) < 4.78 is 31.1. The Morgan fingerprint density at radius 2 is 1.66 bits per heavy atom. The van der Waals surface area contributed by atoms with Crippen LogP contribution in [-0.2, 0) is 19.1 Å². The number of carbonyl (C=O) groups is 3. The third-order valence-electron chi connectivity index (χ3n) is 4.96. The number of hydrogen-bond acceptors (Lipinski definition) is 6. The molecule has 1 aliphatic rings. The summed E-state index contributed by atoms with van der Waals surface area (Å²) in [4.78, 5) is 35.9. The Kier molecular flexibility index (Phi) is 8.52. The van der Waals surface area contributed by atoms with Crippen LogP contribution < -0.4 is 9.47 Å². The summed E-state index contributed by atoms with van der Waals surface area (Å²) in [6.45, 7) is 15.5. The molecule has 1 saturated carbocycles. The summed E-state index contributed by atoms with van der Waals surface area (Å²) >= 11 is 0. The molecule has 0 spiro atoms. The maximum absolute atomic E-state index is 15.1. The molecule has 0 aliphatic heterocycles. The first-order chi connectivity index (χ1) is 15.0. The molecule has 32 heavy (non-hydrogen) atoms. The van der Waals surface area contributed by atoms with Crippen LogP contribution in [0.25, 0.3) is 0 Å². The number of carbonyl (C=O) groups excluding carboxylic acids is 3. The first-order valence-corrected chi connectivity index (χ1v) is 10.3. The van der Waals surface area contributed by atoms with Gasteiger partial charge in [-0.05, 0) is 39.7 Å². The zero-order chi connectivity index (χ0) is 24.0. The van der Waals surface area contributed by atoms with Crippen LogP contribution in [0, 0.1) is 0 Å². The van der Waals surface area contributed by atoms with Gasteiger partial charge >= 0.3 is 17.9 Å². The van der Waals surface area contributed by atoms with Crippen LogP contribution in [0.15, 0.2) is 54.7 Å². The number of benzene rings is 1. The van der Waals surface area contributed by atoms with Crippen molar-refractivity contribution in [3.63, 3.8) is 0 Å². The highest BCUT2D eigenvalue weighted by atomic mass is 19.1. The standard InChI is InChI=1S/C25H29FO6/c1-14(2)11-23(27)32-22-13-18(31-25(29)16(5)6)8-10-20(22)19-9-7-17(12-21(19)26)30-24(28)15(3)4/h8,10,13,17,19,21H,1,3,5,7,9,11-12H2,2,4,6H3. The van der Waals surface area contributed by atoms with E-state index in [1.165, 1.54) is 26.0 Å². The van der Waals surface area contributed by atoms with Gasteiger partial charge in [-0.25, -0.2) is 14.0 Å². The van der Waals surface area contributed by atoms with E-state index >= 15 is 4.39 Å². The largest absolute Gasteiger partial charge is 0.459 e. The fraction of sp³-hybridized carbons (Fsp3) is 0.400. The minimum Gasteiger partial charge on any atom is -0.459 e. The SMILES string of the molecule is C=C(C)CC(=O)Oc1cc(OC(=O)C(=C)C)ccc1C1CCC(OC(=O)C(=C)C)CC1F. The van der Waals surface area contributed by atoms with E-state index in [-0.39, 0.29) is 35.5 Å². The molecule has 0 N–H and O–H groups in total. The molecule has 172 valence electrons. The first kappa shape index (κ1) is 25.0. The minimum absolute atomic E-state index is 0.00211. The van der Waals surface area contributed by atoms with Gasteiger partial charge in [0.25, 0.3) is 0 Å². The molecule has 0 aromatic heterocycles. The van der Waals surface area contributed by atoms with Gasteiger partial charge in [-0.1, -0.05) is 31.4 Å². The molecule has 6 nitrogen and oxygen atoms in total. The van der Waals surface area contributed by atoms with E-state index in [4.69, 9.17) is 14.2 Å². The Bertz CT molecular complexity index is 948. The molecule has 1 aliphatic carbocycles. The highest BCUT2D eigenvalue weighted by molar-refractivity contribution is 5.89. The van der Waals surface area contributed by atoms with Gasteiger partial charge in [0.1, 0.15) is 23.8 Å². The molecule has 1 aromatic rings. The van der Waals surface area contributed by atoms with E-state index in [1.54, 1.807) is 13.0 Å². The lowest BCUT2D eigenvalue weighted by Crippen LogP contribution is -2.31. The zero-order valence-corrected chi connectivity index (χ0v) is 18.7. The van der Waals surface area contributed by atoms with Crippen LogP contribution in [0.2, 0.25) is 0 Å². The van der Waals surface area contributed by atoms with E-state index in [0.29, 0.717) is 24.0 Å². The molecule has 0 radical (unpaired) electrons. The maximum Gasteiger partial charge on any atom is 0.338 e. The molecular weight excluding hydrogens is 415 g/mol. The Balaban J connectivity index is 2.26. The summed E-state index contributed by atoms with van der Waals surface area (Å²) in [5.74, 6) is -2.03. The minimum atomic E-state index is -1.32. The van der Waals surface area contributed by atoms with E-state index in [0.717, 1.165) is 0 Å². The summed E-state index contributed by atoms with van der Waals surface area (Å²) in [5.41, 5.74) is 1.56. The lowest BCUT2D eigenvalue weighted by Gasteiger charge is -2.32. The van der Waals surface area contributed by atoms with Crippen molar-refractivity contribution in [3.05, 3.63) is 60.2 Å². The summed E-state index contributed by atoms with van der Waals surface area (Å²) in [6, 6.07) is 4.50. The van der Waals surface area contributed by atoms with Crippen molar-refractivity contribution in [2.24, 2.45) is 0 Å². The highest BCUT2D eigenvalue weighted by Crippen LogP contribution is 2.42. The van der Waals surface area contributed by atoms with Gasteiger partial charge in [-0.15, -0.1) is 0 Å². The second-order valence-electron chi connectivity index (χ2n) is 8.22. The molecule has 3 atom stereocenters. The number of hydrogen-bond donors (Lipinski definition) is 0. The lowest BCUT2D eigenvalue weighted by atomic mass is 9.80. The normalized spacial score (nSPS) is 20.1. The van der Waals surface area contributed by atoms with E-state index < -0.39 is 36.1 Å². The second-order valence-corrected chi connectivity index (χ2v) is 8.22. The molecule has 0 amide bonds. The van der Waals surface area contributed by atoms with Crippen LogP contribution in [0.4, 0.5) is 4.39 Å². The quantitative estimate of drug-likeness (QED) is 0.239. The molecular formula is C25H29FO6. The molecule has 1 fully saturated rings. The van der Waals surface area contributed by atoms with Gasteiger partial charge in [-0.3, -0.25) is 4.79 Å². The zero-order valence-electron chi connectivity index (χ0n) is 18.7. The molecule has 0 heterocycles. The Morgan fingerprint density at radius 1 is 1.00 bits per heavy atom. The third-order valence-corrected chi connectivity index (χ3v) is 4.96. The number of esters is 3. The molecule has 0 bridgehead atoms. The van der Waals surface area contributed by atoms with Crippen molar-refractivity contribution in [1.82, 2.24) is 0 Å². The predicted molar refractivity (Wildman–Crippen MR) is 118 cm³/mol. The van der Waals surface area contributed by atoms with Crippen molar-refractivity contribution in [1.29, 1.82) is 0 Å². The van der Waals surface area contributed by atoms with Gasteiger partial charge in [0, 0.05) is 35.1 Å². The maximum atomic E-state index is 15.1. The van der Waals surface area contributed by atoms with Gasteiger partial charge in [-0.2, -0.15) is 0 Å². The highest BCUT2D eigenvalue weighted by Gasteiger charge is 2.35. The number of rotatable bonds is 8. The van der Waals surface area contributed by atoms with Crippen molar-refractivity contribution in [3.8, 4) is 11.5 Å². The Morgan fingerprint density at radius 3 is 2.22 bits per heavy atom. The molecule has 3 unspecified atom stereocenters. The number of ether oxygens (including phenoxy) is 3. The predicted octanol–water partition coefficient (Wildman–Crippen LogP) is 5.13. The van der Waals surface area contributed by atoms with Crippen molar-refractivity contribution in [2.45, 2.75) is 64.6 Å². The second kappa shape index (κ2) is 10.9. The Hall–Kier alpha value is -3.22. The van der Waals surface area contributed by atoms with E-state index in [2.05, 4.69) is 19.7 Å². The monoisotopic (exact) mass is 444 g/mol. The third kappa shape index (κ3) is 6.90. The molecule has 1 aromatic carbocycles. The van der Waals surface area contributed by atoms with Gasteiger partial charge < -0.3 is 14.2 Å². The molecule has 0 saturated heterocycles. The average molecular weight is 444 g/mol. The van der Waals surface area contributed by atoms with Crippen LogP contribution >= 0.6 is 0 Å². The molecule has 7 heteroatoms. The first-order valence-electron chi connectivity index (χ1n) is 10.3. The van der Waals surface area contributed by atoms with Crippen LogP contribution in [0.5, 0.6) is 11.5 Å². The number of halogens is 1. The van der Waals surface area contributed by atoms with Crippen LogP contribution in [0.1, 0.15) is 57.9 Å². The Labute approximate surface area is 187 Å². The number of alkyl halides is 1. The van der Waals surface area contributed by atoms with E-state index in [1.807, 2.05) is 0 Å². The topological polar surface area (TPSA) is 78.9 Å². The van der Waals surface area contributed by atoms with Gasteiger partial charge in [0.15, 0.2) is 0 Å². The summed E-state index contributed by atoms with van der Waals surface area (Å²) in [5, 5.41) is 0. The molecule has 2 rings (SSSR count). The smallest absolute Gasteiger partial charge is 0.338 e. The fourth-order valence-electron chi connectivity index (χ4n) is 3.36. The van der Waals surface area contributed by atoms with Crippen LogP contribution in [0.3, 0.4) is 0 Å². The lowest BCUT2D eigenvalue weighted by molar-refractivity contribution is -0.147. The van der Waals surface area contributed by atoms with Gasteiger partial charge in [0.05, 0.1) is 6.42 Å². The fourth-order valence-corrected chi connectivity index (χ4v) is 3.36. The van der Waals surface area contributed by atoms with E-state index in [9.17, 15) is 14.4 Å². The summed E-state index contributed by atoms with van der Waals surface area (Å²) in [6.07, 6.45) is -1.02. The average Bonchev–Trinajstić information content (AvgIpc) is 2.68.